The van der Waals surface area contributed by atoms with Gasteiger partial charge in [0.15, 0.2) is 0 Å². The molecule has 0 saturated carbocycles. The molecule has 132 valence electrons. The standard InChI is InChI=1S/C20H14ClFO4/c21-14-3-9-17(10-4-14)25-16-7-1-13(2-8-16)19(20(23)24)26-18-11-5-15(22)6-12-18/h1-12,19H,(H,23,24)/t19-/m1/s1. The van der Waals surface area contributed by atoms with Crippen molar-refractivity contribution in [2.75, 3.05) is 0 Å². The molecule has 4 nitrogen and oxygen atoms in total. The van der Waals surface area contributed by atoms with Crippen LogP contribution >= 0.6 is 11.6 Å². The van der Waals surface area contributed by atoms with Crippen molar-refractivity contribution in [1.29, 1.82) is 0 Å². The number of rotatable bonds is 6. The molecule has 1 atom stereocenters. The maximum Gasteiger partial charge on any atom is 0.349 e. The Morgan fingerprint density at radius 1 is 0.846 bits per heavy atom. The Morgan fingerprint density at radius 3 is 1.88 bits per heavy atom. The van der Waals surface area contributed by atoms with Gasteiger partial charge in [0.1, 0.15) is 23.1 Å². The molecule has 0 radical (unpaired) electrons. The van der Waals surface area contributed by atoms with Gasteiger partial charge in [-0.1, -0.05) is 23.7 Å². The van der Waals surface area contributed by atoms with E-state index in [4.69, 9.17) is 21.1 Å². The van der Waals surface area contributed by atoms with Crippen LogP contribution in [0.1, 0.15) is 11.7 Å². The predicted octanol–water partition coefficient (Wildman–Crippen LogP) is 5.48. The predicted molar refractivity (Wildman–Crippen MR) is 95.4 cm³/mol. The van der Waals surface area contributed by atoms with Crippen LogP contribution in [0.5, 0.6) is 17.2 Å². The van der Waals surface area contributed by atoms with Crippen molar-refractivity contribution in [1.82, 2.24) is 0 Å². The van der Waals surface area contributed by atoms with E-state index in [1.54, 1.807) is 48.5 Å². The summed E-state index contributed by atoms with van der Waals surface area (Å²) in [4.78, 5) is 11.5. The summed E-state index contributed by atoms with van der Waals surface area (Å²) in [5, 5.41) is 10.0. The summed E-state index contributed by atoms with van der Waals surface area (Å²) >= 11 is 5.83. The molecule has 0 bridgehead atoms. The number of halogens is 2. The zero-order chi connectivity index (χ0) is 18.5. The Morgan fingerprint density at radius 2 is 1.35 bits per heavy atom. The van der Waals surface area contributed by atoms with Crippen LogP contribution in [0.2, 0.25) is 5.02 Å². The van der Waals surface area contributed by atoms with E-state index in [0.29, 0.717) is 22.1 Å². The highest BCUT2D eigenvalue weighted by molar-refractivity contribution is 6.30. The van der Waals surface area contributed by atoms with Crippen molar-refractivity contribution in [3.8, 4) is 17.2 Å². The zero-order valence-electron chi connectivity index (χ0n) is 13.4. The van der Waals surface area contributed by atoms with Crippen LogP contribution in [0.25, 0.3) is 0 Å². The molecule has 3 rings (SSSR count). The highest BCUT2D eigenvalue weighted by atomic mass is 35.5. The lowest BCUT2D eigenvalue weighted by Crippen LogP contribution is -2.18. The molecule has 3 aromatic carbocycles. The fraction of sp³-hybridized carbons (Fsp3) is 0.0500. The smallest absolute Gasteiger partial charge is 0.349 e. The zero-order valence-corrected chi connectivity index (χ0v) is 14.2. The first-order chi connectivity index (χ1) is 12.5. The molecule has 0 aliphatic heterocycles. The number of hydrogen-bond donors (Lipinski definition) is 1. The van der Waals surface area contributed by atoms with Crippen LogP contribution in [-0.2, 0) is 4.79 Å². The van der Waals surface area contributed by atoms with Gasteiger partial charge < -0.3 is 14.6 Å². The molecule has 1 N–H and O–H groups in total. The summed E-state index contributed by atoms with van der Waals surface area (Å²) < 4.78 is 24.1. The summed E-state index contributed by atoms with van der Waals surface area (Å²) in [6.45, 7) is 0. The molecule has 0 unspecified atom stereocenters. The second kappa shape index (κ2) is 7.89. The van der Waals surface area contributed by atoms with Crippen LogP contribution in [-0.4, -0.2) is 11.1 Å². The highest BCUT2D eigenvalue weighted by Gasteiger charge is 2.22. The Hall–Kier alpha value is -3.05. The maximum absolute atomic E-state index is 13.0. The molecular weight excluding hydrogens is 359 g/mol. The first kappa shape index (κ1) is 17.8. The fourth-order valence-electron chi connectivity index (χ4n) is 2.26. The largest absolute Gasteiger partial charge is 0.478 e. The molecule has 0 aliphatic carbocycles. The number of carboxylic acids is 1. The van der Waals surface area contributed by atoms with Gasteiger partial charge in [-0.2, -0.15) is 0 Å². The summed E-state index contributed by atoms with van der Waals surface area (Å²) in [6, 6.07) is 18.6. The second-order valence-electron chi connectivity index (χ2n) is 5.42. The minimum atomic E-state index is -1.22. The monoisotopic (exact) mass is 372 g/mol. The van der Waals surface area contributed by atoms with Crippen molar-refractivity contribution in [3.05, 3.63) is 89.2 Å². The molecule has 0 amide bonds. The van der Waals surface area contributed by atoms with Gasteiger partial charge >= 0.3 is 5.97 Å². The van der Waals surface area contributed by atoms with Crippen LogP contribution in [0.15, 0.2) is 72.8 Å². The molecule has 3 aromatic rings. The molecule has 0 saturated heterocycles. The average molecular weight is 373 g/mol. The lowest BCUT2D eigenvalue weighted by Gasteiger charge is -2.16. The topological polar surface area (TPSA) is 55.8 Å². The van der Waals surface area contributed by atoms with E-state index in [1.807, 2.05) is 0 Å². The van der Waals surface area contributed by atoms with Gasteiger partial charge in [0.25, 0.3) is 0 Å². The lowest BCUT2D eigenvalue weighted by atomic mass is 10.1. The van der Waals surface area contributed by atoms with E-state index in [9.17, 15) is 14.3 Å². The van der Waals surface area contributed by atoms with Crippen molar-refractivity contribution >= 4 is 17.6 Å². The summed E-state index contributed by atoms with van der Waals surface area (Å²) in [5.74, 6) is -0.157. The van der Waals surface area contributed by atoms with Crippen LogP contribution in [0, 0.1) is 5.82 Å². The van der Waals surface area contributed by atoms with Crippen LogP contribution in [0.3, 0.4) is 0 Å². The number of carbonyl (C=O) groups is 1. The maximum atomic E-state index is 13.0. The number of carboxylic acid groups (broad SMARTS) is 1. The van der Waals surface area contributed by atoms with Gasteiger partial charge in [0.05, 0.1) is 0 Å². The van der Waals surface area contributed by atoms with Crippen molar-refractivity contribution in [2.24, 2.45) is 0 Å². The average Bonchev–Trinajstić information content (AvgIpc) is 2.64. The van der Waals surface area contributed by atoms with Gasteiger partial charge in [-0.25, -0.2) is 9.18 Å². The normalized spacial score (nSPS) is 11.6. The summed E-state index contributed by atoms with van der Waals surface area (Å²) in [7, 11) is 0. The van der Waals surface area contributed by atoms with E-state index in [1.165, 1.54) is 24.3 Å². The van der Waals surface area contributed by atoms with Gasteiger partial charge in [0, 0.05) is 10.6 Å². The van der Waals surface area contributed by atoms with Crippen LogP contribution in [0.4, 0.5) is 4.39 Å². The molecular formula is C20H14ClFO4. The number of aliphatic carboxylic acids is 1. The molecule has 0 aromatic heterocycles. The SMILES string of the molecule is O=C(O)[C@H](Oc1ccc(F)cc1)c1ccc(Oc2ccc(Cl)cc2)cc1. The van der Waals surface area contributed by atoms with E-state index in [-0.39, 0.29) is 5.75 Å². The molecule has 0 aliphatic rings. The summed E-state index contributed by atoms with van der Waals surface area (Å²) in [6.07, 6.45) is -1.22. The Kier molecular flexibility index (Phi) is 5.39. The van der Waals surface area contributed by atoms with Crippen molar-refractivity contribution < 1.29 is 23.8 Å². The fourth-order valence-corrected chi connectivity index (χ4v) is 2.39. The quantitative estimate of drug-likeness (QED) is 0.622. The van der Waals surface area contributed by atoms with E-state index in [0.717, 1.165) is 0 Å². The first-order valence-corrected chi connectivity index (χ1v) is 8.07. The van der Waals surface area contributed by atoms with E-state index < -0.39 is 17.9 Å². The minimum Gasteiger partial charge on any atom is -0.478 e. The van der Waals surface area contributed by atoms with Gasteiger partial charge in [-0.3, -0.25) is 0 Å². The molecule has 0 spiro atoms. The first-order valence-electron chi connectivity index (χ1n) is 7.70. The Bertz CT molecular complexity index is 877. The van der Waals surface area contributed by atoms with Crippen LogP contribution < -0.4 is 9.47 Å². The van der Waals surface area contributed by atoms with Crippen molar-refractivity contribution in [2.45, 2.75) is 6.10 Å². The van der Waals surface area contributed by atoms with Gasteiger partial charge in [-0.15, -0.1) is 0 Å². The third kappa shape index (κ3) is 4.52. The minimum absolute atomic E-state index is 0.264. The lowest BCUT2D eigenvalue weighted by molar-refractivity contribution is -0.145. The number of hydrogen-bond acceptors (Lipinski definition) is 3. The highest BCUT2D eigenvalue weighted by Crippen LogP contribution is 2.27. The van der Waals surface area contributed by atoms with Gasteiger partial charge in [-0.05, 0) is 60.7 Å². The third-order valence-electron chi connectivity index (χ3n) is 3.52. The molecule has 0 fully saturated rings. The number of benzene rings is 3. The third-order valence-corrected chi connectivity index (χ3v) is 3.78. The molecule has 26 heavy (non-hydrogen) atoms. The van der Waals surface area contributed by atoms with E-state index in [2.05, 4.69) is 0 Å². The number of ether oxygens (including phenoxy) is 2. The van der Waals surface area contributed by atoms with E-state index >= 15 is 0 Å². The second-order valence-corrected chi connectivity index (χ2v) is 5.85. The van der Waals surface area contributed by atoms with Gasteiger partial charge in [0.2, 0.25) is 6.10 Å². The molecule has 0 heterocycles. The summed E-state index contributed by atoms with van der Waals surface area (Å²) in [5.41, 5.74) is 0.435. The Labute approximate surface area is 154 Å². The molecule has 6 heteroatoms. The van der Waals surface area contributed by atoms with Crippen molar-refractivity contribution in [3.63, 3.8) is 0 Å². The Balaban J connectivity index is 1.74.